The maximum Gasteiger partial charge on any atom is 0.412 e. The maximum atomic E-state index is 11.6. The van der Waals surface area contributed by atoms with Crippen LogP contribution in [0.3, 0.4) is 0 Å². The van der Waals surface area contributed by atoms with Gasteiger partial charge < -0.3 is 10.8 Å². The van der Waals surface area contributed by atoms with Gasteiger partial charge in [0, 0.05) is 11.7 Å². The number of carbonyl (C=O) groups is 1. The third-order valence-corrected chi connectivity index (χ3v) is 3.57. The topological polar surface area (TPSA) is 66.6 Å². The second-order valence-corrected chi connectivity index (χ2v) is 5.96. The molecule has 0 radical (unpaired) electrons. The zero-order chi connectivity index (χ0) is 13.5. The summed E-state index contributed by atoms with van der Waals surface area (Å²) >= 11 is 0. The smallest absolute Gasteiger partial charge is 0.412 e. The van der Waals surface area contributed by atoms with Crippen molar-refractivity contribution in [1.29, 1.82) is 0 Å². The molecule has 0 saturated heterocycles. The molecule has 0 aliphatic carbocycles. The van der Waals surface area contributed by atoms with Crippen molar-refractivity contribution in [2.45, 2.75) is 39.7 Å². The molecule has 1 amide bonds. The summed E-state index contributed by atoms with van der Waals surface area (Å²) < 4.78 is 0. The van der Waals surface area contributed by atoms with Gasteiger partial charge in [-0.3, -0.25) is 4.90 Å². The van der Waals surface area contributed by atoms with Crippen LogP contribution < -0.4 is 10.6 Å². The van der Waals surface area contributed by atoms with Gasteiger partial charge in [0.2, 0.25) is 0 Å². The van der Waals surface area contributed by atoms with Crippen molar-refractivity contribution in [3.63, 3.8) is 0 Å². The van der Waals surface area contributed by atoms with E-state index in [1.807, 2.05) is 12.1 Å². The molecule has 1 aliphatic heterocycles. The number of hydrogen-bond acceptors (Lipinski definition) is 2. The lowest BCUT2D eigenvalue weighted by Gasteiger charge is -2.42. The SMILES string of the molecule is CC(C)(C)C1CCc2ccc(N)cc2N1C(=O)O. The highest BCUT2D eigenvalue weighted by atomic mass is 16.4. The average Bonchev–Trinajstić information content (AvgIpc) is 2.25. The Hall–Kier alpha value is -1.71. The molecule has 1 atom stereocenters. The Morgan fingerprint density at radius 3 is 2.67 bits per heavy atom. The minimum Gasteiger partial charge on any atom is -0.465 e. The Bertz CT molecular complexity index is 477. The molecule has 4 nitrogen and oxygen atoms in total. The van der Waals surface area contributed by atoms with Crippen molar-refractivity contribution in [3.8, 4) is 0 Å². The predicted octanol–water partition coefficient (Wildman–Crippen LogP) is 3.11. The number of rotatable bonds is 0. The lowest BCUT2D eigenvalue weighted by atomic mass is 9.79. The zero-order valence-electron chi connectivity index (χ0n) is 11.1. The van der Waals surface area contributed by atoms with Crippen LogP contribution in [0.25, 0.3) is 0 Å². The second-order valence-electron chi connectivity index (χ2n) is 5.96. The van der Waals surface area contributed by atoms with E-state index in [0.717, 1.165) is 24.1 Å². The number of nitrogens with zero attached hydrogens (tertiary/aromatic N) is 1. The highest BCUT2D eigenvalue weighted by Gasteiger charge is 2.38. The van der Waals surface area contributed by atoms with Crippen molar-refractivity contribution in [2.24, 2.45) is 5.41 Å². The lowest BCUT2D eigenvalue weighted by molar-refractivity contribution is 0.186. The van der Waals surface area contributed by atoms with Crippen molar-refractivity contribution in [1.82, 2.24) is 0 Å². The van der Waals surface area contributed by atoms with Gasteiger partial charge in [-0.25, -0.2) is 4.79 Å². The normalized spacial score (nSPS) is 19.5. The molecule has 1 aromatic carbocycles. The molecule has 0 saturated carbocycles. The Balaban J connectivity index is 2.51. The summed E-state index contributed by atoms with van der Waals surface area (Å²) in [7, 11) is 0. The Morgan fingerprint density at radius 1 is 1.44 bits per heavy atom. The Labute approximate surface area is 107 Å². The molecule has 4 heteroatoms. The summed E-state index contributed by atoms with van der Waals surface area (Å²) in [5.41, 5.74) is 8.11. The minimum absolute atomic E-state index is 0.00991. The predicted molar refractivity (Wildman–Crippen MR) is 72.9 cm³/mol. The first-order valence-electron chi connectivity index (χ1n) is 6.21. The largest absolute Gasteiger partial charge is 0.465 e. The molecule has 0 fully saturated rings. The van der Waals surface area contributed by atoms with Crippen LogP contribution in [0.15, 0.2) is 18.2 Å². The standard InChI is InChI=1S/C14H20N2O2/c1-14(2,3)12-7-5-9-4-6-10(15)8-11(9)16(12)13(17)18/h4,6,8,12H,5,7,15H2,1-3H3,(H,17,18). The summed E-state index contributed by atoms with van der Waals surface area (Å²) in [5, 5.41) is 9.49. The van der Waals surface area contributed by atoms with Crippen molar-refractivity contribution < 1.29 is 9.90 Å². The van der Waals surface area contributed by atoms with Crippen molar-refractivity contribution >= 4 is 17.5 Å². The number of benzene rings is 1. The van der Waals surface area contributed by atoms with Crippen LogP contribution in [-0.2, 0) is 6.42 Å². The summed E-state index contributed by atoms with van der Waals surface area (Å²) in [6.45, 7) is 6.22. The molecule has 0 bridgehead atoms. The fourth-order valence-corrected chi connectivity index (χ4v) is 2.66. The highest BCUT2D eigenvalue weighted by Crippen LogP contribution is 2.39. The third kappa shape index (κ3) is 2.15. The van der Waals surface area contributed by atoms with Gasteiger partial charge in [-0.1, -0.05) is 26.8 Å². The molecule has 0 aromatic heterocycles. The molecule has 1 aliphatic rings. The van der Waals surface area contributed by atoms with Crippen LogP contribution in [0.4, 0.5) is 16.2 Å². The van der Waals surface area contributed by atoms with Gasteiger partial charge in [0.15, 0.2) is 0 Å². The van der Waals surface area contributed by atoms with Crippen LogP contribution in [0.5, 0.6) is 0 Å². The number of anilines is 2. The van der Waals surface area contributed by atoms with Gasteiger partial charge >= 0.3 is 6.09 Å². The fourth-order valence-electron chi connectivity index (χ4n) is 2.66. The van der Waals surface area contributed by atoms with Crippen LogP contribution in [0.2, 0.25) is 0 Å². The quantitative estimate of drug-likeness (QED) is 0.693. The van der Waals surface area contributed by atoms with Crippen LogP contribution >= 0.6 is 0 Å². The van der Waals surface area contributed by atoms with E-state index in [1.54, 1.807) is 6.07 Å². The lowest BCUT2D eigenvalue weighted by Crippen LogP contribution is -2.49. The number of amides is 1. The first-order chi connectivity index (χ1) is 8.30. The van der Waals surface area contributed by atoms with E-state index < -0.39 is 6.09 Å². The number of fused-ring (bicyclic) bond motifs is 1. The van der Waals surface area contributed by atoms with Gasteiger partial charge in [-0.2, -0.15) is 0 Å². The van der Waals surface area contributed by atoms with E-state index in [-0.39, 0.29) is 11.5 Å². The van der Waals surface area contributed by atoms with Gasteiger partial charge in [0.05, 0.1) is 5.69 Å². The van der Waals surface area contributed by atoms with E-state index in [4.69, 9.17) is 5.73 Å². The Kier molecular flexibility index (Phi) is 2.97. The van der Waals surface area contributed by atoms with E-state index in [2.05, 4.69) is 20.8 Å². The highest BCUT2D eigenvalue weighted by molar-refractivity contribution is 5.89. The monoisotopic (exact) mass is 248 g/mol. The Morgan fingerprint density at radius 2 is 2.11 bits per heavy atom. The molecule has 1 heterocycles. The number of nitrogen functional groups attached to an aromatic ring is 1. The molecule has 18 heavy (non-hydrogen) atoms. The molecule has 1 unspecified atom stereocenters. The number of hydrogen-bond donors (Lipinski definition) is 2. The summed E-state index contributed by atoms with van der Waals surface area (Å²) in [6.07, 6.45) is 0.857. The number of aryl methyl sites for hydroxylation is 1. The van der Waals surface area contributed by atoms with Gasteiger partial charge in [-0.05, 0) is 36.0 Å². The number of nitrogens with two attached hydrogens (primary N) is 1. The molecule has 3 N–H and O–H groups in total. The second kappa shape index (κ2) is 4.19. The molecule has 0 spiro atoms. The minimum atomic E-state index is -0.901. The summed E-state index contributed by atoms with van der Waals surface area (Å²) in [6, 6.07) is 5.52. The van der Waals surface area contributed by atoms with Crippen LogP contribution in [0.1, 0.15) is 32.8 Å². The van der Waals surface area contributed by atoms with Crippen molar-refractivity contribution in [2.75, 3.05) is 10.6 Å². The van der Waals surface area contributed by atoms with E-state index >= 15 is 0 Å². The summed E-state index contributed by atoms with van der Waals surface area (Å²) in [4.78, 5) is 13.1. The van der Waals surface area contributed by atoms with E-state index in [1.165, 1.54) is 4.90 Å². The maximum absolute atomic E-state index is 11.6. The average molecular weight is 248 g/mol. The van der Waals surface area contributed by atoms with Gasteiger partial charge in [0.25, 0.3) is 0 Å². The third-order valence-electron chi connectivity index (χ3n) is 3.57. The van der Waals surface area contributed by atoms with Crippen molar-refractivity contribution in [3.05, 3.63) is 23.8 Å². The molecule has 1 aromatic rings. The van der Waals surface area contributed by atoms with Crippen LogP contribution in [-0.4, -0.2) is 17.2 Å². The first kappa shape index (κ1) is 12.7. The zero-order valence-corrected chi connectivity index (χ0v) is 11.1. The van der Waals surface area contributed by atoms with E-state index in [9.17, 15) is 9.90 Å². The van der Waals surface area contributed by atoms with Gasteiger partial charge in [-0.15, -0.1) is 0 Å². The molecular weight excluding hydrogens is 228 g/mol. The molecule has 98 valence electrons. The van der Waals surface area contributed by atoms with Gasteiger partial charge in [0.1, 0.15) is 0 Å². The first-order valence-corrected chi connectivity index (χ1v) is 6.21. The summed E-state index contributed by atoms with van der Waals surface area (Å²) in [5.74, 6) is 0. The number of carboxylic acid groups (broad SMARTS) is 1. The molecular formula is C14H20N2O2. The van der Waals surface area contributed by atoms with E-state index in [0.29, 0.717) is 5.69 Å². The molecule has 2 rings (SSSR count). The fraction of sp³-hybridized carbons (Fsp3) is 0.500. The van der Waals surface area contributed by atoms with Crippen LogP contribution in [0, 0.1) is 5.41 Å².